The summed E-state index contributed by atoms with van der Waals surface area (Å²) >= 11 is 0. The van der Waals surface area contributed by atoms with E-state index in [1.807, 2.05) is 6.92 Å². The number of nitrogens with two attached hydrogens (primary N) is 1. The molecule has 0 saturated carbocycles. The fraction of sp³-hybridized carbons (Fsp3) is 0.188. The standard InChI is InChI=1S/C16H18N4O6S2/c1-2-7-18-12-5-3-10(27(17,22)23)8-14(12)20-28(24,25)11-4-6-13-15(9-11)26-16(21)19-13/h3-6,8-9,18,20H,2,7H2,1H3,(H,19,21)(H2,17,22,23). The van der Waals surface area contributed by atoms with Crippen molar-refractivity contribution in [2.75, 3.05) is 16.6 Å². The zero-order valence-electron chi connectivity index (χ0n) is 14.7. The van der Waals surface area contributed by atoms with Crippen LogP contribution in [0.4, 0.5) is 11.4 Å². The Morgan fingerprint density at radius 1 is 1.04 bits per heavy atom. The number of H-pyrrole nitrogens is 1. The Balaban J connectivity index is 2.04. The molecule has 0 radical (unpaired) electrons. The molecule has 0 aliphatic rings. The first-order valence-corrected chi connectivity index (χ1v) is 11.2. The lowest BCUT2D eigenvalue weighted by Gasteiger charge is -2.15. The van der Waals surface area contributed by atoms with E-state index in [0.717, 1.165) is 12.5 Å². The maximum absolute atomic E-state index is 12.8. The zero-order valence-corrected chi connectivity index (χ0v) is 16.4. The lowest BCUT2D eigenvalue weighted by Crippen LogP contribution is -2.17. The van der Waals surface area contributed by atoms with Crippen molar-refractivity contribution >= 4 is 42.5 Å². The summed E-state index contributed by atoms with van der Waals surface area (Å²) in [5.41, 5.74) is 0.851. The Bertz CT molecular complexity index is 1290. The molecular weight excluding hydrogens is 408 g/mol. The molecule has 0 amide bonds. The van der Waals surface area contributed by atoms with Crippen molar-refractivity contribution in [1.82, 2.24) is 4.98 Å². The predicted molar refractivity (Wildman–Crippen MR) is 104 cm³/mol. The number of rotatable bonds is 7. The van der Waals surface area contributed by atoms with E-state index < -0.39 is 25.8 Å². The minimum Gasteiger partial charge on any atom is -0.408 e. The van der Waals surface area contributed by atoms with E-state index in [0.29, 0.717) is 17.7 Å². The van der Waals surface area contributed by atoms with E-state index in [1.165, 1.54) is 30.3 Å². The molecule has 150 valence electrons. The summed E-state index contributed by atoms with van der Waals surface area (Å²) in [4.78, 5) is 13.3. The van der Waals surface area contributed by atoms with E-state index in [1.54, 1.807) is 0 Å². The van der Waals surface area contributed by atoms with E-state index in [9.17, 15) is 21.6 Å². The molecule has 0 spiro atoms. The highest BCUT2D eigenvalue weighted by atomic mass is 32.2. The molecule has 0 aliphatic heterocycles. The highest BCUT2D eigenvalue weighted by molar-refractivity contribution is 7.92. The quantitative estimate of drug-likeness (QED) is 0.443. The van der Waals surface area contributed by atoms with Gasteiger partial charge < -0.3 is 9.73 Å². The Morgan fingerprint density at radius 2 is 1.75 bits per heavy atom. The van der Waals surface area contributed by atoms with Crippen LogP contribution in [0.15, 0.2) is 55.4 Å². The molecule has 2 aromatic carbocycles. The third-order valence-corrected chi connectivity index (χ3v) is 6.11. The molecule has 0 saturated heterocycles. The molecule has 1 heterocycles. The fourth-order valence-corrected chi connectivity index (χ4v) is 4.12. The number of aromatic amines is 1. The van der Waals surface area contributed by atoms with Gasteiger partial charge in [0, 0.05) is 12.6 Å². The Kier molecular flexibility index (Phi) is 5.19. The second-order valence-electron chi connectivity index (χ2n) is 5.96. The number of benzene rings is 2. The molecule has 5 N–H and O–H groups in total. The second-order valence-corrected chi connectivity index (χ2v) is 9.20. The number of sulfonamides is 2. The van der Waals surface area contributed by atoms with Gasteiger partial charge in [-0.15, -0.1) is 0 Å². The van der Waals surface area contributed by atoms with Crippen LogP contribution in [-0.4, -0.2) is 28.4 Å². The maximum Gasteiger partial charge on any atom is 0.417 e. The molecule has 0 aliphatic carbocycles. The van der Waals surface area contributed by atoms with Gasteiger partial charge in [0.1, 0.15) is 0 Å². The number of nitrogens with one attached hydrogen (secondary N) is 3. The van der Waals surface area contributed by atoms with Crippen molar-refractivity contribution in [1.29, 1.82) is 0 Å². The number of anilines is 2. The molecular formula is C16H18N4O6S2. The second kappa shape index (κ2) is 7.30. The van der Waals surface area contributed by atoms with Gasteiger partial charge in [0.25, 0.3) is 10.0 Å². The fourth-order valence-electron chi connectivity index (χ4n) is 2.50. The third-order valence-electron chi connectivity index (χ3n) is 3.83. The number of hydrogen-bond acceptors (Lipinski definition) is 7. The number of hydrogen-bond donors (Lipinski definition) is 4. The molecule has 3 rings (SSSR count). The van der Waals surface area contributed by atoms with Gasteiger partial charge in [-0.1, -0.05) is 6.92 Å². The van der Waals surface area contributed by atoms with Crippen molar-refractivity contribution in [3.05, 3.63) is 46.9 Å². The third kappa shape index (κ3) is 4.18. The molecule has 0 bridgehead atoms. The van der Waals surface area contributed by atoms with Crippen LogP contribution < -0.4 is 20.9 Å². The van der Waals surface area contributed by atoms with Gasteiger partial charge in [0.05, 0.1) is 26.7 Å². The van der Waals surface area contributed by atoms with Gasteiger partial charge in [-0.2, -0.15) is 0 Å². The van der Waals surface area contributed by atoms with Crippen LogP contribution in [0, 0.1) is 0 Å². The Morgan fingerprint density at radius 3 is 2.43 bits per heavy atom. The molecule has 0 unspecified atom stereocenters. The van der Waals surface area contributed by atoms with E-state index in [-0.39, 0.29) is 21.1 Å². The Labute approximate surface area is 160 Å². The monoisotopic (exact) mass is 426 g/mol. The van der Waals surface area contributed by atoms with Gasteiger partial charge in [0.2, 0.25) is 10.0 Å². The van der Waals surface area contributed by atoms with Crippen LogP contribution in [0.1, 0.15) is 13.3 Å². The molecule has 12 heteroatoms. The summed E-state index contributed by atoms with van der Waals surface area (Å²) in [6.07, 6.45) is 0.770. The molecule has 0 fully saturated rings. The van der Waals surface area contributed by atoms with Gasteiger partial charge in [-0.3, -0.25) is 9.71 Å². The van der Waals surface area contributed by atoms with E-state index in [4.69, 9.17) is 9.56 Å². The average molecular weight is 426 g/mol. The summed E-state index contributed by atoms with van der Waals surface area (Å²) in [6, 6.07) is 7.73. The topological polar surface area (TPSA) is 164 Å². The first-order valence-electron chi connectivity index (χ1n) is 8.16. The van der Waals surface area contributed by atoms with Crippen LogP contribution in [0.3, 0.4) is 0 Å². The molecule has 10 nitrogen and oxygen atoms in total. The van der Waals surface area contributed by atoms with Crippen molar-refractivity contribution in [3.63, 3.8) is 0 Å². The lowest BCUT2D eigenvalue weighted by atomic mass is 10.2. The number of oxazole rings is 1. The van der Waals surface area contributed by atoms with Gasteiger partial charge in [-0.25, -0.2) is 26.8 Å². The first-order chi connectivity index (χ1) is 13.1. The van der Waals surface area contributed by atoms with Crippen LogP contribution in [0.25, 0.3) is 11.1 Å². The highest BCUT2D eigenvalue weighted by Crippen LogP contribution is 2.28. The number of aromatic nitrogens is 1. The van der Waals surface area contributed by atoms with Crippen LogP contribution in [-0.2, 0) is 20.0 Å². The van der Waals surface area contributed by atoms with Crippen LogP contribution in [0.5, 0.6) is 0 Å². The van der Waals surface area contributed by atoms with E-state index >= 15 is 0 Å². The predicted octanol–water partition coefficient (Wildman–Crippen LogP) is 1.39. The summed E-state index contributed by atoms with van der Waals surface area (Å²) in [5, 5.41) is 8.17. The normalized spacial score (nSPS) is 12.2. The molecule has 1 aromatic heterocycles. The van der Waals surface area contributed by atoms with Crippen LogP contribution in [0.2, 0.25) is 0 Å². The molecule has 0 atom stereocenters. The number of primary sulfonamides is 1. The smallest absolute Gasteiger partial charge is 0.408 e. The highest BCUT2D eigenvalue weighted by Gasteiger charge is 2.20. The lowest BCUT2D eigenvalue weighted by molar-refractivity contribution is 0.554. The summed E-state index contributed by atoms with van der Waals surface area (Å²) in [5.74, 6) is -0.704. The van der Waals surface area contributed by atoms with Gasteiger partial charge in [0.15, 0.2) is 5.58 Å². The summed E-state index contributed by atoms with van der Waals surface area (Å²) in [6.45, 7) is 2.47. The SMILES string of the molecule is CCCNc1ccc(S(N)(=O)=O)cc1NS(=O)(=O)c1ccc2[nH]c(=O)oc2c1. The van der Waals surface area contributed by atoms with Gasteiger partial charge in [-0.05, 0) is 36.8 Å². The van der Waals surface area contributed by atoms with Crippen molar-refractivity contribution in [2.45, 2.75) is 23.1 Å². The van der Waals surface area contributed by atoms with Gasteiger partial charge >= 0.3 is 5.76 Å². The largest absolute Gasteiger partial charge is 0.417 e. The maximum atomic E-state index is 12.8. The zero-order chi connectivity index (χ0) is 20.5. The van der Waals surface area contributed by atoms with Crippen molar-refractivity contribution in [3.8, 4) is 0 Å². The minimum atomic E-state index is -4.11. The minimum absolute atomic E-state index is 0.0237. The van der Waals surface area contributed by atoms with Crippen molar-refractivity contribution in [2.24, 2.45) is 5.14 Å². The Hall–Kier alpha value is -2.83. The van der Waals surface area contributed by atoms with Crippen molar-refractivity contribution < 1.29 is 21.3 Å². The first kappa shape index (κ1) is 19.9. The molecule has 28 heavy (non-hydrogen) atoms. The molecule has 3 aromatic rings. The summed E-state index contributed by atoms with van der Waals surface area (Å²) < 4.78 is 56.1. The van der Waals surface area contributed by atoms with Crippen LogP contribution >= 0.6 is 0 Å². The number of fused-ring (bicyclic) bond motifs is 1. The van der Waals surface area contributed by atoms with E-state index in [2.05, 4.69) is 15.0 Å². The summed E-state index contributed by atoms with van der Waals surface area (Å²) in [7, 11) is -8.13. The average Bonchev–Trinajstić information content (AvgIpc) is 2.98.